The Morgan fingerprint density at radius 1 is 0.857 bits per heavy atom. The van der Waals surface area contributed by atoms with Crippen LogP contribution in [0.5, 0.6) is 5.75 Å². The zero-order chi connectivity index (χ0) is 21.1. The third-order valence-corrected chi connectivity index (χ3v) is 4.85. The number of rotatable bonds is 1. The molecule has 0 saturated carbocycles. The summed E-state index contributed by atoms with van der Waals surface area (Å²) in [4.78, 5) is 7.38. The number of hydrogen-bond acceptors (Lipinski definition) is 2. The van der Waals surface area contributed by atoms with Crippen LogP contribution in [0.25, 0.3) is 22.4 Å². The summed E-state index contributed by atoms with van der Waals surface area (Å²) in [7, 11) is 0. The topological polar surface area (TPSA) is 48.9 Å². The summed E-state index contributed by atoms with van der Waals surface area (Å²) in [5.41, 5.74) is 1.75. The van der Waals surface area contributed by atoms with Crippen LogP contribution >= 0.6 is 0 Å². The zero-order valence-corrected chi connectivity index (χ0v) is 16.9. The fourth-order valence-electron chi connectivity index (χ4n) is 3.13. The monoisotopic (exact) mass is 390 g/mol. The van der Waals surface area contributed by atoms with Crippen LogP contribution in [0, 0.1) is 0 Å². The molecule has 0 bridgehead atoms. The second kappa shape index (κ2) is 6.26. The van der Waals surface area contributed by atoms with E-state index in [-0.39, 0.29) is 22.1 Å². The van der Waals surface area contributed by atoms with Gasteiger partial charge in [0.25, 0.3) is 0 Å². The molecule has 1 heterocycles. The number of H-pyrrole nitrogens is 1. The van der Waals surface area contributed by atoms with E-state index in [2.05, 4.69) is 30.7 Å². The van der Waals surface area contributed by atoms with Crippen molar-refractivity contribution in [2.75, 3.05) is 0 Å². The van der Waals surface area contributed by atoms with Gasteiger partial charge in [-0.2, -0.15) is 13.2 Å². The van der Waals surface area contributed by atoms with Crippen molar-refractivity contribution in [1.82, 2.24) is 9.97 Å². The summed E-state index contributed by atoms with van der Waals surface area (Å²) in [5, 5.41) is 10.9. The summed E-state index contributed by atoms with van der Waals surface area (Å²) >= 11 is 0. The van der Waals surface area contributed by atoms with Gasteiger partial charge >= 0.3 is 6.18 Å². The minimum absolute atomic E-state index is 0.0931. The van der Waals surface area contributed by atoms with Crippen molar-refractivity contribution in [1.29, 1.82) is 0 Å². The molecule has 0 aliphatic rings. The van der Waals surface area contributed by atoms with Gasteiger partial charge in [0.2, 0.25) is 0 Å². The first-order valence-corrected chi connectivity index (χ1v) is 9.13. The number of imidazole rings is 1. The van der Waals surface area contributed by atoms with Crippen LogP contribution in [0.1, 0.15) is 58.2 Å². The molecule has 0 amide bonds. The van der Waals surface area contributed by atoms with Crippen molar-refractivity contribution in [3.05, 3.63) is 47.0 Å². The van der Waals surface area contributed by atoms with Crippen LogP contribution in [-0.2, 0) is 17.0 Å². The van der Waals surface area contributed by atoms with Crippen LogP contribution in [-0.4, -0.2) is 15.1 Å². The lowest BCUT2D eigenvalue weighted by Gasteiger charge is -2.27. The number of nitrogens with zero attached hydrogens (tertiary/aromatic N) is 1. The number of phenols is 1. The molecule has 3 rings (SSSR count). The van der Waals surface area contributed by atoms with Gasteiger partial charge in [0.15, 0.2) is 0 Å². The largest absolute Gasteiger partial charge is 0.507 e. The van der Waals surface area contributed by atoms with Crippen molar-refractivity contribution in [2.45, 2.75) is 58.5 Å². The maximum Gasteiger partial charge on any atom is 0.416 e. The van der Waals surface area contributed by atoms with Crippen LogP contribution in [0.15, 0.2) is 30.3 Å². The Morgan fingerprint density at radius 3 is 2.04 bits per heavy atom. The van der Waals surface area contributed by atoms with Crippen molar-refractivity contribution in [3.8, 4) is 17.1 Å². The van der Waals surface area contributed by atoms with E-state index in [1.807, 2.05) is 32.9 Å². The normalized spacial score (nSPS) is 13.3. The van der Waals surface area contributed by atoms with Crippen LogP contribution in [0.3, 0.4) is 0 Å². The first-order valence-electron chi connectivity index (χ1n) is 9.13. The van der Waals surface area contributed by atoms with E-state index in [4.69, 9.17) is 0 Å². The van der Waals surface area contributed by atoms with Gasteiger partial charge in [-0.15, -0.1) is 0 Å². The smallest absolute Gasteiger partial charge is 0.416 e. The van der Waals surface area contributed by atoms with Crippen molar-refractivity contribution in [2.24, 2.45) is 0 Å². The molecule has 0 aliphatic heterocycles. The summed E-state index contributed by atoms with van der Waals surface area (Å²) < 4.78 is 39.0. The average Bonchev–Trinajstić information content (AvgIpc) is 2.94. The summed E-state index contributed by atoms with van der Waals surface area (Å²) in [6, 6.07) is 7.24. The molecular weight excluding hydrogens is 365 g/mol. The zero-order valence-electron chi connectivity index (χ0n) is 16.9. The number of phenolic OH excluding ortho intramolecular Hbond substituents is 1. The van der Waals surface area contributed by atoms with Crippen LogP contribution in [0.2, 0.25) is 0 Å². The van der Waals surface area contributed by atoms with Crippen molar-refractivity contribution >= 4 is 11.0 Å². The van der Waals surface area contributed by atoms with E-state index < -0.39 is 11.7 Å². The molecule has 3 nitrogen and oxygen atoms in total. The Bertz CT molecular complexity index is 1030. The highest BCUT2D eigenvalue weighted by Crippen LogP contribution is 2.42. The average molecular weight is 390 g/mol. The minimum atomic E-state index is -4.42. The number of halogens is 3. The molecule has 2 N–H and O–H groups in total. The van der Waals surface area contributed by atoms with E-state index in [9.17, 15) is 18.3 Å². The fourth-order valence-corrected chi connectivity index (χ4v) is 3.13. The van der Waals surface area contributed by atoms with Gasteiger partial charge in [-0.3, -0.25) is 0 Å². The number of alkyl halides is 3. The molecule has 0 atom stereocenters. The van der Waals surface area contributed by atoms with Gasteiger partial charge in [0.1, 0.15) is 11.6 Å². The Hall–Kier alpha value is -2.50. The third kappa shape index (κ3) is 3.73. The lowest BCUT2D eigenvalue weighted by molar-refractivity contribution is -0.137. The predicted molar refractivity (Wildman–Crippen MR) is 106 cm³/mol. The Morgan fingerprint density at radius 2 is 1.50 bits per heavy atom. The van der Waals surface area contributed by atoms with Crippen molar-refractivity contribution < 1.29 is 18.3 Å². The molecule has 0 radical (unpaired) electrons. The number of hydrogen-bond donors (Lipinski definition) is 2. The van der Waals surface area contributed by atoms with E-state index in [1.54, 1.807) is 0 Å². The highest BCUT2D eigenvalue weighted by Gasteiger charge is 2.31. The second-order valence-corrected chi connectivity index (χ2v) is 9.24. The van der Waals surface area contributed by atoms with Crippen molar-refractivity contribution in [3.63, 3.8) is 0 Å². The number of aromatic nitrogens is 2. The second-order valence-electron chi connectivity index (χ2n) is 9.24. The van der Waals surface area contributed by atoms with Gasteiger partial charge in [-0.1, -0.05) is 47.6 Å². The Balaban J connectivity index is 2.25. The number of aromatic hydroxyl groups is 1. The first kappa shape index (κ1) is 20.2. The maximum absolute atomic E-state index is 13.0. The fraction of sp³-hybridized carbons (Fsp3) is 0.409. The molecule has 28 heavy (non-hydrogen) atoms. The highest BCUT2D eigenvalue weighted by molar-refractivity contribution is 5.82. The quantitative estimate of drug-likeness (QED) is 0.495. The highest BCUT2D eigenvalue weighted by atomic mass is 19.4. The molecule has 0 saturated heterocycles. The number of benzene rings is 2. The third-order valence-electron chi connectivity index (χ3n) is 4.85. The molecule has 3 aromatic rings. The molecule has 1 aromatic heterocycles. The summed E-state index contributed by atoms with van der Waals surface area (Å²) in [6.07, 6.45) is -4.42. The van der Waals surface area contributed by atoms with E-state index in [1.165, 1.54) is 6.07 Å². The van der Waals surface area contributed by atoms with E-state index in [0.29, 0.717) is 16.9 Å². The van der Waals surface area contributed by atoms with Crippen LogP contribution < -0.4 is 0 Å². The predicted octanol–water partition coefficient (Wildman–Crippen LogP) is 6.55. The minimum Gasteiger partial charge on any atom is -0.507 e. The number of nitrogens with one attached hydrogen (secondary N) is 1. The first-order chi connectivity index (χ1) is 12.7. The lowest BCUT2D eigenvalue weighted by Crippen LogP contribution is -2.17. The van der Waals surface area contributed by atoms with Gasteiger partial charge in [0, 0.05) is 5.56 Å². The SMILES string of the molecule is CC(C)(C)c1cc(-c2nc3ccc(C(F)(F)F)cc3[nH]2)c(O)c(C(C)(C)C)c1. The van der Waals surface area contributed by atoms with E-state index in [0.717, 1.165) is 23.3 Å². The number of fused-ring (bicyclic) bond motifs is 1. The van der Waals surface area contributed by atoms with Gasteiger partial charge in [0.05, 0.1) is 22.2 Å². The molecule has 0 fully saturated rings. The standard InChI is InChI=1S/C22H25F3N2O/c1-20(2,3)13-9-14(18(28)15(10-13)21(4,5)6)19-26-16-8-7-12(22(23,24)25)11-17(16)27-19/h7-11,28H,1-6H3,(H,26,27). The molecule has 0 aliphatic carbocycles. The number of aromatic amines is 1. The molecular formula is C22H25F3N2O. The summed E-state index contributed by atoms with van der Waals surface area (Å²) in [5.74, 6) is 0.444. The Kier molecular flexibility index (Phi) is 4.52. The Labute approximate surface area is 162 Å². The van der Waals surface area contributed by atoms with Gasteiger partial charge < -0.3 is 10.1 Å². The molecule has 150 valence electrons. The van der Waals surface area contributed by atoms with Gasteiger partial charge in [-0.25, -0.2) is 4.98 Å². The van der Waals surface area contributed by atoms with E-state index >= 15 is 0 Å². The molecule has 0 unspecified atom stereocenters. The maximum atomic E-state index is 13.0. The lowest BCUT2D eigenvalue weighted by atomic mass is 9.79. The van der Waals surface area contributed by atoms with Gasteiger partial charge in [-0.05, 0) is 40.7 Å². The van der Waals surface area contributed by atoms with Crippen LogP contribution in [0.4, 0.5) is 13.2 Å². The molecule has 6 heteroatoms. The summed E-state index contributed by atoms with van der Waals surface area (Å²) in [6.45, 7) is 12.2. The molecule has 2 aromatic carbocycles. The molecule has 0 spiro atoms.